The molecule has 0 aliphatic rings. The smallest absolute Gasteiger partial charge is 0.118 e. The number of nitrogens with one attached hydrogen (secondary N) is 1. The Morgan fingerprint density at radius 2 is 1.90 bits per heavy atom. The van der Waals surface area contributed by atoms with Gasteiger partial charge in [0.05, 0.1) is 19.9 Å². The zero-order valence-electron chi connectivity index (χ0n) is 13.1. The van der Waals surface area contributed by atoms with Gasteiger partial charge >= 0.3 is 0 Å². The lowest BCUT2D eigenvalue weighted by molar-refractivity contribution is 0.412. The van der Waals surface area contributed by atoms with Gasteiger partial charge in [0.1, 0.15) is 11.5 Å². The van der Waals surface area contributed by atoms with Crippen LogP contribution in [0.5, 0.6) is 5.75 Å². The quantitative estimate of drug-likeness (QED) is 0.739. The van der Waals surface area contributed by atoms with Crippen LogP contribution in [0, 0.1) is 5.92 Å². The van der Waals surface area contributed by atoms with Gasteiger partial charge in [0.25, 0.3) is 0 Å². The Morgan fingerprint density at radius 1 is 1.14 bits per heavy atom. The topological polar surface area (TPSA) is 34.4 Å². The first-order valence-corrected chi connectivity index (χ1v) is 7.57. The third kappa shape index (κ3) is 4.64. The van der Waals surface area contributed by atoms with Gasteiger partial charge in [-0.1, -0.05) is 26.0 Å². The maximum Gasteiger partial charge on any atom is 0.118 e. The minimum absolute atomic E-state index is 0.556. The molecule has 0 saturated carbocycles. The minimum atomic E-state index is 0.556. The first-order chi connectivity index (χ1) is 10.2. The first kappa shape index (κ1) is 15.6. The Balaban J connectivity index is 1.86. The minimum Gasteiger partial charge on any atom is -0.497 e. The van der Waals surface area contributed by atoms with Gasteiger partial charge in [0.15, 0.2) is 0 Å². The summed E-state index contributed by atoms with van der Waals surface area (Å²) in [5.41, 5.74) is 1.38. The summed E-state index contributed by atoms with van der Waals surface area (Å²) in [6.07, 6.45) is 2.83. The van der Waals surface area contributed by atoms with Crippen molar-refractivity contribution >= 4 is 0 Å². The molecule has 1 N–H and O–H groups in total. The van der Waals surface area contributed by atoms with Crippen LogP contribution in [0.25, 0.3) is 0 Å². The van der Waals surface area contributed by atoms with Gasteiger partial charge in [-0.25, -0.2) is 0 Å². The highest BCUT2D eigenvalue weighted by Crippen LogP contribution is 2.28. The van der Waals surface area contributed by atoms with Crippen molar-refractivity contribution in [3.8, 4) is 5.75 Å². The average Bonchev–Trinajstić information content (AvgIpc) is 3.00. The van der Waals surface area contributed by atoms with Crippen molar-refractivity contribution in [2.45, 2.75) is 32.7 Å². The molecule has 0 radical (unpaired) electrons. The zero-order chi connectivity index (χ0) is 15.1. The van der Waals surface area contributed by atoms with Crippen LogP contribution in [-0.4, -0.2) is 13.7 Å². The Kier molecular flexibility index (Phi) is 5.88. The van der Waals surface area contributed by atoms with Crippen molar-refractivity contribution in [1.82, 2.24) is 5.32 Å². The third-order valence-corrected chi connectivity index (χ3v) is 3.86. The van der Waals surface area contributed by atoms with Crippen molar-refractivity contribution in [2.24, 2.45) is 5.92 Å². The van der Waals surface area contributed by atoms with E-state index in [9.17, 15) is 0 Å². The molecular weight excluding hydrogens is 262 g/mol. The van der Waals surface area contributed by atoms with Gasteiger partial charge in [0.2, 0.25) is 0 Å². The normalized spacial score (nSPS) is 12.6. The molecule has 0 fully saturated rings. The second-order valence-electron chi connectivity index (χ2n) is 5.67. The Labute approximate surface area is 127 Å². The zero-order valence-corrected chi connectivity index (χ0v) is 13.1. The Hall–Kier alpha value is -1.74. The number of furan rings is 1. The third-order valence-electron chi connectivity index (χ3n) is 3.86. The van der Waals surface area contributed by atoms with E-state index in [1.807, 2.05) is 24.3 Å². The fourth-order valence-corrected chi connectivity index (χ4v) is 2.62. The van der Waals surface area contributed by atoms with E-state index >= 15 is 0 Å². The largest absolute Gasteiger partial charge is 0.497 e. The Bertz CT molecular complexity index is 503. The molecule has 0 amide bonds. The van der Waals surface area contributed by atoms with Gasteiger partial charge in [0, 0.05) is 0 Å². The molecule has 0 aliphatic carbocycles. The average molecular weight is 287 g/mol. The van der Waals surface area contributed by atoms with Gasteiger partial charge in [-0.2, -0.15) is 0 Å². The summed E-state index contributed by atoms with van der Waals surface area (Å²) in [5.74, 6) is 3.07. The van der Waals surface area contributed by atoms with Crippen LogP contribution < -0.4 is 10.1 Å². The van der Waals surface area contributed by atoms with Crippen LogP contribution in [0.2, 0.25) is 0 Å². The van der Waals surface area contributed by atoms with Crippen molar-refractivity contribution in [3.05, 3.63) is 54.0 Å². The summed E-state index contributed by atoms with van der Waals surface area (Å²) >= 11 is 0. The molecule has 0 spiro atoms. The summed E-state index contributed by atoms with van der Waals surface area (Å²) in [4.78, 5) is 0. The van der Waals surface area contributed by atoms with Crippen LogP contribution in [0.3, 0.4) is 0 Å². The van der Waals surface area contributed by atoms with Gasteiger partial charge < -0.3 is 14.5 Å². The lowest BCUT2D eigenvalue weighted by Gasteiger charge is -2.21. The number of hydrogen-bond donors (Lipinski definition) is 1. The molecule has 3 nitrogen and oxygen atoms in total. The molecule has 0 saturated heterocycles. The van der Waals surface area contributed by atoms with Gasteiger partial charge in [-0.3, -0.25) is 0 Å². The van der Waals surface area contributed by atoms with E-state index in [4.69, 9.17) is 9.15 Å². The van der Waals surface area contributed by atoms with Crippen LogP contribution in [0.1, 0.15) is 37.5 Å². The predicted octanol–water partition coefficient (Wildman–Crippen LogP) is 4.21. The molecule has 3 heteroatoms. The summed E-state index contributed by atoms with van der Waals surface area (Å²) in [5, 5.41) is 3.45. The second kappa shape index (κ2) is 7.89. The fraction of sp³-hybridized carbons (Fsp3) is 0.444. The van der Waals surface area contributed by atoms with Crippen molar-refractivity contribution in [1.29, 1.82) is 0 Å². The molecular formula is C18H25NO2. The van der Waals surface area contributed by atoms with Crippen LogP contribution >= 0.6 is 0 Å². The molecule has 114 valence electrons. The number of ether oxygens (including phenoxy) is 1. The Morgan fingerprint density at radius 3 is 2.48 bits per heavy atom. The molecule has 1 atom stereocenters. The van der Waals surface area contributed by atoms with Crippen molar-refractivity contribution in [2.75, 3.05) is 13.7 Å². The monoisotopic (exact) mass is 287 g/mol. The van der Waals surface area contributed by atoms with E-state index in [0.717, 1.165) is 31.0 Å². The van der Waals surface area contributed by atoms with E-state index in [1.165, 1.54) is 5.56 Å². The van der Waals surface area contributed by atoms with Crippen molar-refractivity contribution < 1.29 is 9.15 Å². The summed E-state index contributed by atoms with van der Waals surface area (Å²) in [6, 6.07) is 12.4. The van der Waals surface area contributed by atoms with E-state index in [0.29, 0.717) is 11.8 Å². The van der Waals surface area contributed by atoms with E-state index in [-0.39, 0.29) is 0 Å². The first-order valence-electron chi connectivity index (χ1n) is 7.57. The van der Waals surface area contributed by atoms with Gasteiger partial charge in [-0.15, -0.1) is 0 Å². The molecule has 1 aromatic heterocycles. The molecule has 2 rings (SSSR count). The van der Waals surface area contributed by atoms with Crippen LogP contribution in [0.4, 0.5) is 0 Å². The lowest BCUT2D eigenvalue weighted by atomic mass is 9.86. The highest BCUT2D eigenvalue weighted by atomic mass is 16.5. The summed E-state index contributed by atoms with van der Waals surface area (Å²) in [7, 11) is 1.70. The van der Waals surface area contributed by atoms with E-state index < -0.39 is 0 Å². The van der Waals surface area contributed by atoms with Crippen molar-refractivity contribution in [3.63, 3.8) is 0 Å². The van der Waals surface area contributed by atoms with Crippen LogP contribution in [0.15, 0.2) is 47.1 Å². The molecule has 0 aliphatic heterocycles. The molecule has 2 aromatic rings. The number of methoxy groups -OCH3 is 1. The number of benzene rings is 1. The van der Waals surface area contributed by atoms with Gasteiger partial charge in [-0.05, 0) is 54.6 Å². The van der Waals surface area contributed by atoms with Crippen LogP contribution in [-0.2, 0) is 6.54 Å². The van der Waals surface area contributed by atoms with E-state index in [2.05, 4.69) is 31.3 Å². The predicted molar refractivity (Wildman–Crippen MR) is 85.6 cm³/mol. The maximum atomic E-state index is 5.32. The lowest BCUT2D eigenvalue weighted by Crippen LogP contribution is -2.19. The molecule has 1 aromatic carbocycles. The molecule has 21 heavy (non-hydrogen) atoms. The SMILES string of the molecule is COc1ccc(C(CCNCc2ccco2)C(C)C)cc1. The number of hydrogen-bond acceptors (Lipinski definition) is 3. The molecule has 1 unspecified atom stereocenters. The highest BCUT2D eigenvalue weighted by Gasteiger charge is 2.15. The summed E-state index contributed by atoms with van der Waals surface area (Å²) in [6.45, 7) is 6.33. The summed E-state index contributed by atoms with van der Waals surface area (Å²) < 4.78 is 10.5. The fourth-order valence-electron chi connectivity index (χ4n) is 2.62. The molecule has 1 heterocycles. The number of rotatable bonds is 8. The van der Waals surface area contributed by atoms with E-state index in [1.54, 1.807) is 13.4 Å². The maximum absolute atomic E-state index is 5.32. The standard InChI is InChI=1S/C18H25NO2/c1-14(2)18(15-6-8-16(20-3)9-7-15)10-11-19-13-17-5-4-12-21-17/h4-9,12,14,18-19H,10-11,13H2,1-3H3. The molecule has 0 bridgehead atoms. The highest BCUT2D eigenvalue weighted by molar-refractivity contribution is 5.29. The second-order valence-corrected chi connectivity index (χ2v) is 5.67.